The highest BCUT2D eigenvalue weighted by molar-refractivity contribution is 9.11. The van der Waals surface area contributed by atoms with Crippen molar-refractivity contribution in [2.75, 3.05) is 78.5 Å². The number of carbonyl (C=O) groups excluding carboxylic acids is 4. The summed E-state index contributed by atoms with van der Waals surface area (Å²) in [6.45, 7) is 9.44. The number of terminal acetylenes is 1. The third-order valence-electron chi connectivity index (χ3n) is 12.2. The normalized spacial score (nSPS) is 16.1. The van der Waals surface area contributed by atoms with Crippen molar-refractivity contribution in [3.8, 4) is 24.2 Å². The van der Waals surface area contributed by atoms with Crippen LogP contribution in [0, 0.1) is 24.2 Å². The van der Waals surface area contributed by atoms with E-state index >= 15 is 0 Å². The van der Waals surface area contributed by atoms with Gasteiger partial charge in [0.2, 0.25) is 0 Å². The van der Waals surface area contributed by atoms with E-state index in [9.17, 15) is 19.2 Å². The van der Waals surface area contributed by atoms with Crippen molar-refractivity contribution < 1.29 is 19.2 Å². The van der Waals surface area contributed by atoms with Crippen molar-refractivity contribution in [3.05, 3.63) is 186 Å². The van der Waals surface area contributed by atoms with Crippen LogP contribution in [0.1, 0.15) is 63.5 Å². The molecule has 4 aromatic carbocycles. The summed E-state index contributed by atoms with van der Waals surface area (Å²) in [5, 5.41) is 0. The Morgan fingerprint density at radius 1 is 0.456 bits per heavy atom. The fraction of sp³-hybridized carbons (Fsp3) is 0.273. The predicted molar refractivity (Wildman–Crippen MR) is 277 cm³/mol. The molecule has 4 fully saturated rings. The summed E-state index contributed by atoms with van der Waals surface area (Å²) >= 11 is 6.34. The molecule has 68 heavy (non-hydrogen) atoms. The van der Waals surface area contributed by atoms with E-state index in [-0.39, 0.29) is 31.1 Å². The number of hydrogen-bond acceptors (Lipinski definition) is 8. The van der Waals surface area contributed by atoms with Gasteiger partial charge in [0.05, 0.1) is 18.4 Å². The van der Waals surface area contributed by atoms with Gasteiger partial charge in [0.25, 0.3) is 23.6 Å². The van der Waals surface area contributed by atoms with Crippen molar-refractivity contribution in [1.29, 1.82) is 0 Å². The van der Waals surface area contributed by atoms with Gasteiger partial charge in [-0.15, -0.1) is 29.1 Å². The maximum atomic E-state index is 12.9. The number of hydrogen-bond donors (Lipinski definition) is 0. The van der Waals surface area contributed by atoms with E-state index in [1.165, 1.54) is 22.7 Å². The van der Waals surface area contributed by atoms with Gasteiger partial charge in [0, 0.05) is 113 Å². The van der Waals surface area contributed by atoms with Gasteiger partial charge in [-0.1, -0.05) is 98.0 Å². The highest BCUT2D eigenvalue weighted by Gasteiger charge is 2.39. The van der Waals surface area contributed by atoms with Gasteiger partial charge in [-0.05, 0) is 88.7 Å². The van der Waals surface area contributed by atoms with Crippen molar-refractivity contribution in [2.24, 2.45) is 0 Å². The SMILES string of the molecule is C.C#Cc1ccccc1.O=C(c1ccccc1)N1CCN(C2CN(C(=O)c3ccc(Br)s3)C2)CC1.O=C(c1ccccc1)N1CCN(C2CN(C(=O)c3ccc(C#Cc4ccccc4)s3)C2)CC1. The van der Waals surface area contributed by atoms with E-state index in [4.69, 9.17) is 6.42 Å². The summed E-state index contributed by atoms with van der Waals surface area (Å²) in [4.78, 5) is 65.3. The minimum Gasteiger partial charge on any atom is -0.336 e. The molecule has 4 aliphatic rings. The maximum absolute atomic E-state index is 12.9. The minimum atomic E-state index is 0. The van der Waals surface area contributed by atoms with Crippen LogP contribution in [0.2, 0.25) is 0 Å². The lowest BCUT2D eigenvalue weighted by molar-refractivity contribution is 0.00832. The summed E-state index contributed by atoms with van der Waals surface area (Å²) in [6.07, 6.45) is 5.10. The molecule has 4 saturated heterocycles. The first-order chi connectivity index (χ1) is 32.7. The molecular formula is C55H55BrN6O4S2. The molecule has 0 radical (unpaired) electrons. The number of thiophene rings is 2. The van der Waals surface area contributed by atoms with Crippen LogP contribution in [0.3, 0.4) is 0 Å². The van der Waals surface area contributed by atoms with Crippen LogP contribution in [0.5, 0.6) is 0 Å². The summed E-state index contributed by atoms with van der Waals surface area (Å²) in [5.41, 5.74) is 3.40. The molecule has 13 heteroatoms. The number of carbonyl (C=O) groups is 4. The Kier molecular flexibility index (Phi) is 17.6. The Hall–Kier alpha value is -6.32. The molecule has 10 nitrogen and oxygen atoms in total. The molecule has 0 aliphatic carbocycles. The van der Waals surface area contributed by atoms with Crippen molar-refractivity contribution in [3.63, 3.8) is 0 Å². The standard InChI is InChI=1S/C27H25N3O2S.C19H20BrN3O2S.C8H6.CH4/c31-26(22-9-5-2-6-10-22)29-17-15-28(16-18-29)23-19-30(20-23)27(32)25-14-13-24(33-25)12-11-21-7-3-1-4-8-21;20-17-7-6-16(26-17)19(25)23-12-15(13-23)21-8-10-22(11-9-21)18(24)14-4-2-1-3-5-14;1-2-8-6-4-3-5-7-8;/h1-10,13-14,23H,15-20H2;1-7,15H,8-13H2;1,3-7H;1H4. The van der Waals surface area contributed by atoms with E-state index in [2.05, 4.69) is 43.5 Å². The zero-order valence-electron chi connectivity index (χ0n) is 37.1. The van der Waals surface area contributed by atoms with Crippen LogP contribution >= 0.6 is 38.6 Å². The number of piperazine rings is 2. The summed E-state index contributed by atoms with van der Waals surface area (Å²) < 4.78 is 0.983. The van der Waals surface area contributed by atoms with Crippen molar-refractivity contribution in [1.82, 2.24) is 29.4 Å². The Labute approximate surface area is 416 Å². The molecule has 6 aromatic rings. The Morgan fingerprint density at radius 2 is 0.853 bits per heavy atom. The summed E-state index contributed by atoms with van der Waals surface area (Å²) in [6, 6.07) is 46.8. The number of nitrogens with zero attached hydrogens (tertiary/aromatic N) is 6. The highest BCUT2D eigenvalue weighted by atomic mass is 79.9. The zero-order chi connectivity index (χ0) is 46.5. The first kappa shape index (κ1) is 49.6. The molecule has 4 amide bonds. The topological polar surface area (TPSA) is 87.7 Å². The second-order valence-electron chi connectivity index (χ2n) is 16.5. The van der Waals surface area contributed by atoms with Gasteiger partial charge >= 0.3 is 0 Å². The van der Waals surface area contributed by atoms with Gasteiger partial charge < -0.3 is 19.6 Å². The fourth-order valence-corrected chi connectivity index (χ4v) is 10.4. The molecule has 348 valence electrons. The van der Waals surface area contributed by atoms with E-state index < -0.39 is 0 Å². The largest absolute Gasteiger partial charge is 0.336 e. The molecule has 0 atom stereocenters. The van der Waals surface area contributed by atoms with Gasteiger partial charge in [0.15, 0.2) is 0 Å². The number of rotatable bonds is 6. The molecule has 0 saturated carbocycles. The van der Waals surface area contributed by atoms with E-state index in [0.29, 0.717) is 12.1 Å². The first-order valence-electron chi connectivity index (χ1n) is 22.4. The van der Waals surface area contributed by atoms with Crippen LogP contribution < -0.4 is 0 Å². The second-order valence-corrected chi connectivity index (χ2v) is 20.1. The molecular weight excluding hydrogens is 953 g/mol. The smallest absolute Gasteiger partial charge is 0.264 e. The van der Waals surface area contributed by atoms with E-state index in [0.717, 1.165) is 119 Å². The van der Waals surface area contributed by atoms with Crippen LogP contribution in [0.4, 0.5) is 0 Å². The number of benzene rings is 4. The molecule has 0 N–H and O–H groups in total. The molecule has 0 bridgehead atoms. The fourth-order valence-electron chi connectivity index (χ4n) is 8.26. The predicted octanol–water partition coefficient (Wildman–Crippen LogP) is 8.53. The van der Waals surface area contributed by atoms with Crippen molar-refractivity contribution in [2.45, 2.75) is 19.5 Å². The number of halogens is 1. The third kappa shape index (κ3) is 12.8. The summed E-state index contributed by atoms with van der Waals surface area (Å²) in [5.74, 6) is 9.24. The quantitative estimate of drug-likeness (QED) is 0.156. The van der Waals surface area contributed by atoms with Crippen LogP contribution in [0.25, 0.3) is 0 Å². The lowest BCUT2D eigenvalue weighted by Crippen LogP contribution is -2.64. The third-order valence-corrected chi connectivity index (χ3v) is 14.8. The number of amides is 4. The van der Waals surface area contributed by atoms with E-state index in [1.54, 1.807) is 0 Å². The average Bonchev–Trinajstić information content (AvgIpc) is 4.03. The van der Waals surface area contributed by atoms with Crippen LogP contribution in [-0.2, 0) is 0 Å². The summed E-state index contributed by atoms with van der Waals surface area (Å²) in [7, 11) is 0. The van der Waals surface area contributed by atoms with Gasteiger partial charge in [-0.25, -0.2) is 0 Å². The Balaban J connectivity index is 0.000000174. The van der Waals surface area contributed by atoms with Gasteiger partial charge in [-0.2, -0.15) is 0 Å². The Bertz CT molecular complexity index is 2710. The lowest BCUT2D eigenvalue weighted by atomic mass is 10.1. The molecule has 6 heterocycles. The average molecular weight is 1010 g/mol. The molecule has 2 aromatic heterocycles. The maximum Gasteiger partial charge on any atom is 0.264 e. The van der Waals surface area contributed by atoms with Crippen LogP contribution in [-0.4, -0.2) is 144 Å². The first-order valence-corrected chi connectivity index (χ1v) is 24.8. The lowest BCUT2D eigenvalue weighted by Gasteiger charge is -2.48. The van der Waals surface area contributed by atoms with Crippen LogP contribution in [0.15, 0.2) is 149 Å². The monoisotopic (exact) mass is 1010 g/mol. The zero-order valence-corrected chi connectivity index (χ0v) is 40.3. The van der Waals surface area contributed by atoms with Gasteiger partial charge in [-0.3, -0.25) is 29.0 Å². The van der Waals surface area contributed by atoms with Crippen molar-refractivity contribution >= 4 is 62.2 Å². The van der Waals surface area contributed by atoms with Gasteiger partial charge in [0.1, 0.15) is 0 Å². The van der Waals surface area contributed by atoms with E-state index in [1.807, 2.05) is 165 Å². The minimum absolute atomic E-state index is 0. The highest BCUT2D eigenvalue weighted by Crippen LogP contribution is 2.27. The molecule has 0 unspecified atom stereocenters. The molecule has 0 spiro atoms. The Morgan fingerprint density at radius 3 is 1.25 bits per heavy atom. The molecule has 4 aliphatic heterocycles. The number of likely N-dealkylation sites (tertiary alicyclic amines) is 2. The molecule has 10 rings (SSSR count). The second kappa shape index (κ2) is 24.1.